The van der Waals surface area contributed by atoms with Gasteiger partial charge in [-0.05, 0) is 6.92 Å². The lowest BCUT2D eigenvalue weighted by Gasteiger charge is -2.15. The molecule has 0 aromatic heterocycles. The standard InChI is InChI=1S/C8H13F3N2OS/c1-6(15(2)14)4-13-5-7(3-12)8(9,10)11/h6-7,13H,4-5H2,1-2H3. The normalized spacial score (nSPS) is 17.9. The van der Waals surface area contributed by atoms with Crippen LogP contribution in [0.4, 0.5) is 13.2 Å². The van der Waals surface area contributed by atoms with Crippen LogP contribution in [0.2, 0.25) is 0 Å². The molecule has 0 amide bonds. The Morgan fingerprint density at radius 3 is 2.33 bits per heavy atom. The Morgan fingerprint density at radius 1 is 1.47 bits per heavy atom. The first-order valence-electron chi connectivity index (χ1n) is 4.28. The van der Waals surface area contributed by atoms with E-state index < -0.39 is 29.4 Å². The van der Waals surface area contributed by atoms with Crippen molar-refractivity contribution in [1.29, 1.82) is 5.26 Å². The average Bonchev–Trinajstić information content (AvgIpc) is 2.09. The lowest BCUT2D eigenvalue weighted by molar-refractivity contribution is -0.157. The Balaban J connectivity index is 3.95. The molecule has 15 heavy (non-hydrogen) atoms. The van der Waals surface area contributed by atoms with E-state index in [1.807, 2.05) is 0 Å². The zero-order valence-electron chi connectivity index (χ0n) is 8.47. The van der Waals surface area contributed by atoms with Crippen molar-refractivity contribution in [1.82, 2.24) is 5.32 Å². The smallest absolute Gasteiger partial charge is 0.314 e. The predicted octanol–water partition coefficient (Wildman–Crippen LogP) is 1.05. The SMILES string of the molecule is CC(CNCC(C#N)C(F)(F)F)S(C)=O. The average molecular weight is 242 g/mol. The molecular formula is C8H13F3N2OS. The largest absolute Gasteiger partial charge is 0.405 e. The molecule has 0 saturated heterocycles. The summed E-state index contributed by atoms with van der Waals surface area (Å²) in [6, 6.07) is 1.18. The Hall–Kier alpha value is -0.610. The minimum atomic E-state index is -4.50. The molecule has 0 saturated carbocycles. The molecule has 0 fully saturated rings. The minimum absolute atomic E-state index is 0.206. The summed E-state index contributed by atoms with van der Waals surface area (Å²) in [6.45, 7) is 1.41. The molecule has 0 aliphatic heterocycles. The summed E-state index contributed by atoms with van der Waals surface area (Å²) in [5.41, 5.74) is 0. The molecule has 0 heterocycles. The van der Waals surface area contributed by atoms with Crippen molar-refractivity contribution in [3.8, 4) is 6.07 Å². The second-order valence-corrected chi connectivity index (χ2v) is 4.99. The summed E-state index contributed by atoms with van der Waals surface area (Å²) in [5.74, 6) is -2.00. The van der Waals surface area contributed by atoms with Crippen LogP contribution >= 0.6 is 0 Å². The summed E-state index contributed by atoms with van der Waals surface area (Å²) in [5, 5.41) is 10.5. The topological polar surface area (TPSA) is 52.9 Å². The maximum absolute atomic E-state index is 12.1. The lowest BCUT2D eigenvalue weighted by atomic mass is 10.1. The number of nitriles is 1. The van der Waals surface area contributed by atoms with Crippen LogP contribution < -0.4 is 5.32 Å². The molecule has 3 atom stereocenters. The molecule has 0 radical (unpaired) electrons. The molecule has 1 N–H and O–H groups in total. The van der Waals surface area contributed by atoms with E-state index in [0.717, 1.165) is 0 Å². The third kappa shape index (κ3) is 5.74. The lowest BCUT2D eigenvalue weighted by Crippen LogP contribution is -2.36. The first-order chi connectivity index (χ1) is 6.79. The monoisotopic (exact) mass is 242 g/mol. The highest BCUT2D eigenvalue weighted by molar-refractivity contribution is 7.84. The molecule has 88 valence electrons. The van der Waals surface area contributed by atoms with Crippen LogP contribution in [0.5, 0.6) is 0 Å². The highest BCUT2D eigenvalue weighted by atomic mass is 32.2. The van der Waals surface area contributed by atoms with Gasteiger partial charge < -0.3 is 5.32 Å². The molecule has 0 aromatic carbocycles. The van der Waals surface area contributed by atoms with Crippen molar-refractivity contribution >= 4 is 10.8 Å². The van der Waals surface area contributed by atoms with Gasteiger partial charge in [0.25, 0.3) is 0 Å². The van der Waals surface area contributed by atoms with E-state index in [2.05, 4.69) is 5.32 Å². The van der Waals surface area contributed by atoms with Crippen molar-refractivity contribution in [3.05, 3.63) is 0 Å². The molecule has 0 aliphatic rings. The summed E-state index contributed by atoms with van der Waals surface area (Å²) >= 11 is 0. The Kier molecular flexibility index (Phi) is 5.83. The maximum Gasteiger partial charge on any atom is 0.405 e. The second kappa shape index (κ2) is 6.08. The third-order valence-electron chi connectivity index (χ3n) is 1.90. The Bertz CT molecular complexity index is 262. The number of nitrogens with zero attached hydrogens (tertiary/aromatic N) is 1. The fourth-order valence-corrected chi connectivity index (χ4v) is 1.14. The van der Waals surface area contributed by atoms with Gasteiger partial charge in [0.1, 0.15) is 0 Å². The van der Waals surface area contributed by atoms with Crippen molar-refractivity contribution in [2.24, 2.45) is 5.92 Å². The summed E-state index contributed by atoms with van der Waals surface area (Å²) in [7, 11) is -1.07. The van der Waals surface area contributed by atoms with E-state index in [9.17, 15) is 17.4 Å². The van der Waals surface area contributed by atoms with Gasteiger partial charge in [0.2, 0.25) is 0 Å². The molecule has 3 nitrogen and oxygen atoms in total. The van der Waals surface area contributed by atoms with Gasteiger partial charge in [0.05, 0.1) is 6.07 Å². The Labute approximate surface area is 89.1 Å². The van der Waals surface area contributed by atoms with Gasteiger partial charge in [0, 0.05) is 35.4 Å². The Morgan fingerprint density at radius 2 is 2.00 bits per heavy atom. The minimum Gasteiger partial charge on any atom is -0.314 e. The van der Waals surface area contributed by atoms with Crippen molar-refractivity contribution in [2.75, 3.05) is 19.3 Å². The first-order valence-corrected chi connectivity index (χ1v) is 5.90. The van der Waals surface area contributed by atoms with Gasteiger partial charge >= 0.3 is 6.18 Å². The van der Waals surface area contributed by atoms with Crippen molar-refractivity contribution in [2.45, 2.75) is 18.3 Å². The van der Waals surface area contributed by atoms with Crippen LogP contribution in [0.3, 0.4) is 0 Å². The summed E-state index contributed by atoms with van der Waals surface area (Å²) < 4.78 is 47.1. The molecule has 0 aliphatic carbocycles. The molecule has 3 unspecified atom stereocenters. The molecule has 0 bridgehead atoms. The highest BCUT2D eigenvalue weighted by Crippen LogP contribution is 2.24. The number of alkyl halides is 3. The van der Waals surface area contributed by atoms with Crippen molar-refractivity contribution in [3.63, 3.8) is 0 Å². The second-order valence-electron chi connectivity index (χ2n) is 3.19. The molecule has 0 aromatic rings. The number of nitrogens with one attached hydrogen (secondary N) is 1. The van der Waals surface area contributed by atoms with Crippen LogP contribution in [-0.2, 0) is 10.8 Å². The van der Waals surface area contributed by atoms with E-state index in [-0.39, 0.29) is 11.8 Å². The van der Waals surface area contributed by atoms with Gasteiger partial charge in [-0.1, -0.05) is 0 Å². The fraction of sp³-hybridized carbons (Fsp3) is 0.875. The van der Waals surface area contributed by atoms with E-state index in [1.165, 1.54) is 12.3 Å². The van der Waals surface area contributed by atoms with Crippen LogP contribution in [-0.4, -0.2) is 35.0 Å². The molecular weight excluding hydrogens is 229 g/mol. The number of halogens is 3. The van der Waals surface area contributed by atoms with Crippen LogP contribution in [0.25, 0.3) is 0 Å². The van der Waals surface area contributed by atoms with E-state index in [4.69, 9.17) is 5.26 Å². The van der Waals surface area contributed by atoms with Gasteiger partial charge in [-0.3, -0.25) is 4.21 Å². The fourth-order valence-electron chi connectivity index (χ4n) is 0.783. The third-order valence-corrected chi connectivity index (χ3v) is 3.20. The van der Waals surface area contributed by atoms with Crippen LogP contribution in [0.1, 0.15) is 6.92 Å². The predicted molar refractivity (Wildman–Crippen MR) is 51.6 cm³/mol. The van der Waals surface area contributed by atoms with E-state index in [0.29, 0.717) is 0 Å². The van der Waals surface area contributed by atoms with Gasteiger partial charge in [-0.25, -0.2) is 0 Å². The number of hydrogen-bond donors (Lipinski definition) is 1. The van der Waals surface area contributed by atoms with Gasteiger partial charge in [0.15, 0.2) is 5.92 Å². The van der Waals surface area contributed by atoms with Gasteiger partial charge in [-0.15, -0.1) is 0 Å². The number of hydrogen-bond acceptors (Lipinski definition) is 3. The zero-order valence-corrected chi connectivity index (χ0v) is 9.28. The summed E-state index contributed by atoms with van der Waals surface area (Å²) in [6.07, 6.45) is -3.02. The van der Waals surface area contributed by atoms with Crippen LogP contribution in [0, 0.1) is 17.2 Å². The number of rotatable bonds is 5. The maximum atomic E-state index is 12.1. The van der Waals surface area contributed by atoms with E-state index in [1.54, 1.807) is 6.92 Å². The molecule has 7 heteroatoms. The van der Waals surface area contributed by atoms with Crippen molar-refractivity contribution < 1.29 is 17.4 Å². The molecule has 0 spiro atoms. The molecule has 0 rings (SSSR count). The summed E-state index contributed by atoms with van der Waals surface area (Å²) in [4.78, 5) is 0. The highest BCUT2D eigenvalue weighted by Gasteiger charge is 2.39. The zero-order chi connectivity index (χ0) is 12.1. The van der Waals surface area contributed by atoms with E-state index >= 15 is 0 Å². The quantitative estimate of drug-likeness (QED) is 0.784. The first kappa shape index (κ1) is 14.4. The van der Waals surface area contributed by atoms with Crippen LogP contribution in [0.15, 0.2) is 0 Å². The van der Waals surface area contributed by atoms with Gasteiger partial charge in [-0.2, -0.15) is 18.4 Å².